The van der Waals surface area contributed by atoms with Gasteiger partial charge in [0.25, 0.3) is 0 Å². The summed E-state index contributed by atoms with van der Waals surface area (Å²) in [5, 5.41) is 8.59. The summed E-state index contributed by atoms with van der Waals surface area (Å²) in [6.07, 6.45) is -0.297. The van der Waals surface area contributed by atoms with Gasteiger partial charge in [0, 0.05) is 38.4 Å². The number of amides is 1. The summed E-state index contributed by atoms with van der Waals surface area (Å²) in [6, 6.07) is 11.0. The lowest BCUT2D eigenvalue weighted by molar-refractivity contribution is -0.143. The fourth-order valence-electron chi connectivity index (χ4n) is 5.12. The molecule has 0 atom stereocenters. The van der Waals surface area contributed by atoms with Gasteiger partial charge in [-0.25, -0.2) is 0 Å². The molecule has 0 N–H and O–H groups in total. The smallest absolute Gasteiger partial charge is 0.381 e. The minimum Gasteiger partial charge on any atom is -0.381 e. The van der Waals surface area contributed by atoms with Gasteiger partial charge in [0.05, 0.1) is 11.0 Å². The van der Waals surface area contributed by atoms with Crippen molar-refractivity contribution in [2.45, 2.75) is 43.2 Å². The van der Waals surface area contributed by atoms with Crippen molar-refractivity contribution >= 4 is 11.6 Å². The van der Waals surface area contributed by atoms with Gasteiger partial charge in [0.1, 0.15) is 5.82 Å². The maximum atomic E-state index is 13.8. The summed E-state index contributed by atoms with van der Waals surface area (Å²) < 4.78 is 47.6. The van der Waals surface area contributed by atoms with Crippen molar-refractivity contribution in [3.05, 3.63) is 65.6 Å². The molecule has 3 aromatic rings. The first-order valence-corrected chi connectivity index (χ1v) is 11.2. The zero-order valence-electron chi connectivity index (χ0n) is 18.1. The topological polar surface area (TPSA) is 59.7 Å². The molecule has 2 aromatic heterocycles. The van der Waals surface area contributed by atoms with Crippen LogP contribution in [-0.4, -0.2) is 51.7 Å². The van der Waals surface area contributed by atoms with Gasteiger partial charge in [0.15, 0.2) is 5.65 Å². The molecule has 2 aliphatic heterocycles. The van der Waals surface area contributed by atoms with Crippen LogP contribution in [0.1, 0.15) is 48.6 Å². The van der Waals surface area contributed by atoms with Crippen molar-refractivity contribution in [3.8, 4) is 0 Å². The predicted octanol–water partition coefficient (Wildman–Crippen LogP) is 4.20. The van der Waals surface area contributed by atoms with Gasteiger partial charge in [0.2, 0.25) is 5.91 Å². The molecule has 2 fully saturated rings. The van der Waals surface area contributed by atoms with Crippen LogP contribution >= 0.6 is 0 Å². The SMILES string of the molecule is O=C(N1CCC(c2nnc3ccccn23)CC1)C1(c2cccc(C(F)(F)F)c2)CCOCC1. The largest absolute Gasteiger partial charge is 0.416 e. The normalized spacial score (nSPS) is 19.7. The number of fused-ring (bicyclic) bond motifs is 1. The third-order valence-corrected chi connectivity index (χ3v) is 6.99. The highest BCUT2D eigenvalue weighted by Crippen LogP contribution is 2.40. The zero-order chi connectivity index (χ0) is 23.1. The molecule has 9 heteroatoms. The van der Waals surface area contributed by atoms with E-state index in [1.54, 1.807) is 6.07 Å². The van der Waals surface area contributed by atoms with Crippen molar-refractivity contribution in [2.24, 2.45) is 0 Å². The number of benzene rings is 1. The maximum absolute atomic E-state index is 13.8. The standard InChI is InChI=1S/C24H25F3N4O2/c25-24(26,27)19-5-3-4-18(16-19)23(9-14-33-15-10-23)22(32)30-12-7-17(8-13-30)21-29-28-20-6-1-2-11-31(20)21/h1-6,11,16-17H,7-10,12-15H2. The van der Waals surface area contributed by atoms with E-state index >= 15 is 0 Å². The van der Waals surface area contributed by atoms with E-state index in [0.29, 0.717) is 44.7 Å². The van der Waals surface area contributed by atoms with E-state index in [1.807, 2.05) is 33.7 Å². The lowest BCUT2D eigenvalue weighted by Crippen LogP contribution is -2.52. The highest BCUT2D eigenvalue weighted by atomic mass is 19.4. The lowest BCUT2D eigenvalue weighted by Gasteiger charge is -2.42. The number of alkyl halides is 3. The molecular formula is C24H25F3N4O2. The molecule has 0 bridgehead atoms. The number of pyridine rings is 1. The van der Waals surface area contributed by atoms with Gasteiger partial charge in [-0.2, -0.15) is 13.2 Å². The number of hydrogen-bond acceptors (Lipinski definition) is 4. The quantitative estimate of drug-likeness (QED) is 0.590. The highest BCUT2D eigenvalue weighted by Gasteiger charge is 2.46. The number of aromatic nitrogens is 3. The van der Waals surface area contributed by atoms with Gasteiger partial charge in [-0.1, -0.05) is 24.3 Å². The van der Waals surface area contributed by atoms with Gasteiger partial charge in [-0.05, 0) is 49.4 Å². The Morgan fingerprint density at radius 3 is 2.52 bits per heavy atom. The Hall–Kier alpha value is -2.94. The number of carbonyl (C=O) groups is 1. The summed E-state index contributed by atoms with van der Waals surface area (Å²) in [7, 11) is 0. The molecule has 0 saturated carbocycles. The molecule has 2 aliphatic rings. The maximum Gasteiger partial charge on any atom is 0.416 e. The van der Waals surface area contributed by atoms with Crippen LogP contribution < -0.4 is 0 Å². The zero-order valence-corrected chi connectivity index (χ0v) is 18.1. The average molecular weight is 458 g/mol. The van der Waals surface area contributed by atoms with Crippen LogP contribution in [0, 0.1) is 0 Å². The minimum atomic E-state index is -4.45. The third kappa shape index (κ3) is 3.99. The molecular weight excluding hydrogens is 433 g/mol. The van der Waals surface area contributed by atoms with Crippen molar-refractivity contribution in [1.29, 1.82) is 0 Å². The molecule has 1 amide bonds. The lowest BCUT2D eigenvalue weighted by atomic mass is 9.72. The van der Waals surface area contributed by atoms with Crippen LogP contribution in [0.15, 0.2) is 48.7 Å². The molecule has 4 heterocycles. The average Bonchev–Trinajstić information content (AvgIpc) is 3.28. The second-order valence-electron chi connectivity index (χ2n) is 8.83. The van der Waals surface area contributed by atoms with E-state index in [4.69, 9.17) is 4.74 Å². The molecule has 0 aliphatic carbocycles. The molecule has 0 radical (unpaired) electrons. The number of rotatable bonds is 3. The van der Waals surface area contributed by atoms with E-state index in [1.165, 1.54) is 6.07 Å². The summed E-state index contributed by atoms with van der Waals surface area (Å²) in [5.41, 5.74) is -0.502. The Morgan fingerprint density at radius 1 is 1.03 bits per heavy atom. The van der Waals surface area contributed by atoms with Crippen LogP contribution in [0.4, 0.5) is 13.2 Å². The van der Waals surface area contributed by atoms with Crippen LogP contribution in [-0.2, 0) is 21.1 Å². The van der Waals surface area contributed by atoms with Gasteiger partial charge in [-0.3, -0.25) is 9.20 Å². The number of halogens is 3. The fourth-order valence-corrected chi connectivity index (χ4v) is 5.12. The van der Waals surface area contributed by atoms with E-state index in [0.717, 1.165) is 36.4 Å². The van der Waals surface area contributed by atoms with Crippen LogP contribution in [0.5, 0.6) is 0 Å². The fraction of sp³-hybridized carbons (Fsp3) is 0.458. The number of hydrogen-bond donors (Lipinski definition) is 0. The number of likely N-dealkylation sites (tertiary alicyclic amines) is 1. The number of nitrogens with zero attached hydrogens (tertiary/aromatic N) is 4. The van der Waals surface area contributed by atoms with Crippen molar-refractivity contribution in [2.75, 3.05) is 26.3 Å². The summed E-state index contributed by atoms with van der Waals surface area (Å²) >= 11 is 0. The second kappa shape index (κ2) is 8.44. The molecule has 0 spiro atoms. The summed E-state index contributed by atoms with van der Waals surface area (Å²) in [4.78, 5) is 15.6. The molecule has 0 unspecified atom stereocenters. The van der Waals surface area contributed by atoms with Crippen LogP contribution in [0.3, 0.4) is 0 Å². The third-order valence-electron chi connectivity index (χ3n) is 6.99. The van der Waals surface area contributed by atoms with Crippen molar-refractivity contribution in [1.82, 2.24) is 19.5 Å². The van der Waals surface area contributed by atoms with Crippen LogP contribution in [0.25, 0.3) is 5.65 Å². The van der Waals surface area contributed by atoms with Gasteiger partial charge in [-0.15, -0.1) is 10.2 Å². The van der Waals surface area contributed by atoms with E-state index < -0.39 is 17.2 Å². The highest BCUT2D eigenvalue weighted by molar-refractivity contribution is 5.88. The Bertz CT molecular complexity index is 1150. The second-order valence-corrected chi connectivity index (χ2v) is 8.83. The van der Waals surface area contributed by atoms with Crippen molar-refractivity contribution < 1.29 is 22.7 Å². The monoisotopic (exact) mass is 458 g/mol. The summed E-state index contributed by atoms with van der Waals surface area (Å²) in [5.74, 6) is 0.955. The summed E-state index contributed by atoms with van der Waals surface area (Å²) in [6.45, 7) is 1.77. The number of ether oxygens (including phenoxy) is 1. The number of piperidine rings is 1. The minimum absolute atomic E-state index is 0.102. The molecule has 1 aromatic carbocycles. The molecule has 2 saturated heterocycles. The molecule has 33 heavy (non-hydrogen) atoms. The Morgan fingerprint density at radius 2 is 1.79 bits per heavy atom. The van der Waals surface area contributed by atoms with Crippen LogP contribution in [0.2, 0.25) is 0 Å². The Balaban J connectivity index is 1.38. The van der Waals surface area contributed by atoms with Crippen molar-refractivity contribution in [3.63, 3.8) is 0 Å². The van der Waals surface area contributed by atoms with Gasteiger partial charge >= 0.3 is 6.18 Å². The van der Waals surface area contributed by atoms with E-state index in [2.05, 4.69) is 10.2 Å². The number of carbonyl (C=O) groups excluding carboxylic acids is 1. The first-order chi connectivity index (χ1) is 15.9. The molecule has 5 rings (SSSR count). The predicted molar refractivity (Wildman–Crippen MR) is 115 cm³/mol. The first-order valence-electron chi connectivity index (χ1n) is 11.2. The van der Waals surface area contributed by atoms with E-state index in [9.17, 15) is 18.0 Å². The Kier molecular flexibility index (Phi) is 5.60. The first kappa shape index (κ1) is 21.9. The molecule has 6 nitrogen and oxygen atoms in total. The Labute approximate surface area is 189 Å². The van der Waals surface area contributed by atoms with Gasteiger partial charge < -0.3 is 9.64 Å². The molecule has 174 valence electrons. The van der Waals surface area contributed by atoms with E-state index in [-0.39, 0.29) is 11.8 Å².